The van der Waals surface area contributed by atoms with Crippen LogP contribution in [0.5, 0.6) is 0 Å². The Hall–Kier alpha value is -2.83. The number of para-hydroxylation sites is 2. The molecule has 0 N–H and O–H groups in total. The number of hydrogen-bond donors (Lipinski definition) is 0. The Balaban J connectivity index is 1.43. The van der Waals surface area contributed by atoms with Crippen LogP contribution in [0.15, 0.2) is 54.6 Å². The minimum atomic E-state index is 0.0831. The van der Waals surface area contributed by atoms with Crippen molar-refractivity contribution in [2.24, 2.45) is 5.92 Å². The molecular weight excluding hydrogens is 404 g/mol. The Kier molecular flexibility index (Phi) is 4.51. The predicted octanol–water partition coefficient (Wildman–Crippen LogP) is 4.68. The van der Waals surface area contributed by atoms with Crippen LogP contribution in [0, 0.1) is 5.92 Å². The van der Waals surface area contributed by atoms with Crippen LogP contribution in [-0.4, -0.2) is 58.4 Å². The van der Waals surface area contributed by atoms with E-state index in [1.165, 1.54) is 25.9 Å². The maximum atomic E-state index is 13.8. The van der Waals surface area contributed by atoms with Crippen molar-refractivity contribution in [3.8, 4) is 10.7 Å². The molecule has 2 aromatic heterocycles. The lowest BCUT2D eigenvalue weighted by Crippen LogP contribution is -2.57. The summed E-state index contributed by atoms with van der Waals surface area (Å²) in [6.45, 7) is 3.33. The fourth-order valence-electron chi connectivity index (χ4n) is 5.16. The maximum Gasteiger partial charge on any atom is 0.254 e. The summed E-state index contributed by atoms with van der Waals surface area (Å²) in [4.78, 5) is 27.9. The standard InChI is InChI=1S/C25H24N4OS/c1-28(22-15-29-12-10-16(22)11-13-29)25(30)18-14-21(26-19-7-3-2-6-17(18)19)24-27-20-8-4-5-9-23(20)31-24/h2-9,14,16,22H,10-13,15H2,1H3. The molecule has 4 aromatic rings. The van der Waals surface area contributed by atoms with Crippen LogP contribution in [0.2, 0.25) is 0 Å². The largest absolute Gasteiger partial charge is 0.337 e. The van der Waals surface area contributed by atoms with Gasteiger partial charge >= 0.3 is 0 Å². The van der Waals surface area contributed by atoms with E-state index in [4.69, 9.17) is 9.97 Å². The van der Waals surface area contributed by atoms with E-state index in [-0.39, 0.29) is 11.9 Å². The highest BCUT2D eigenvalue weighted by Crippen LogP contribution is 2.34. The van der Waals surface area contributed by atoms with Gasteiger partial charge in [0.1, 0.15) is 10.7 Å². The summed E-state index contributed by atoms with van der Waals surface area (Å²) in [5.41, 5.74) is 3.30. The SMILES string of the molecule is CN(C(=O)c1cc(-c2nc3ccccc3s2)nc2ccccc12)C1CN2CCC1CC2. The van der Waals surface area contributed by atoms with Gasteiger partial charge in [0, 0.05) is 25.0 Å². The molecule has 5 nitrogen and oxygen atoms in total. The molecular formula is C25H24N4OS. The van der Waals surface area contributed by atoms with Crippen LogP contribution in [-0.2, 0) is 0 Å². The average molecular weight is 429 g/mol. The van der Waals surface area contributed by atoms with Crippen molar-refractivity contribution in [3.05, 3.63) is 60.2 Å². The van der Waals surface area contributed by atoms with Crippen molar-refractivity contribution >= 4 is 38.4 Å². The molecule has 156 valence electrons. The molecule has 1 atom stereocenters. The van der Waals surface area contributed by atoms with Crippen molar-refractivity contribution in [2.45, 2.75) is 18.9 Å². The second-order valence-corrected chi connectivity index (χ2v) is 9.71. The summed E-state index contributed by atoms with van der Waals surface area (Å²) in [5, 5.41) is 1.76. The van der Waals surface area contributed by atoms with Crippen LogP contribution in [0.1, 0.15) is 23.2 Å². The fourth-order valence-corrected chi connectivity index (χ4v) is 6.08. The number of likely N-dealkylation sites (N-methyl/N-ethyl adjacent to an activating group) is 1. The second-order valence-electron chi connectivity index (χ2n) is 8.68. The van der Waals surface area contributed by atoms with Crippen molar-refractivity contribution in [3.63, 3.8) is 0 Å². The van der Waals surface area contributed by atoms with Gasteiger partial charge in [-0.25, -0.2) is 9.97 Å². The van der Waals surface area contributed by atoms with Crippen LogP contribution >= 0.6 is 11.3 Å². The molecule has 5 heterocycles. The van der Waals surface area contributed by atoms with Gasteiger partial charge in [-0.05, 0) is 56.1 Å². The number of piperidine rings is 3. The number of nitrogens with zero attached hydrogens (tertiary/aromatic N) is 4. The number of fused-ring (bicyclic) bond motifs is 5. The van der Waals surface area contributed by atoms with Crippen molar-refractivity contribution in [1.82, 2.24) is 19.8 Å². The number of benzene rings is 2. The molecule has 3 fully saturated rings. The van der Waals surface area contributed by atoms with E-state index in [9.17, 15) is 4.79 Å². The van der Waals surface area contributed by atoms with Gasteiger partial charge in [-0.1, -0.05) is 30.3 Å². The lowest BCUT2D eigenvalue weighted by molar-refractivity contribution is 0.0163. The Morgan fingerprint density at radius 2 is 1.77 bits per heavy atom. The summed E-state index contributed by atoms with van der Waals surface area (Å²) < 4.78 is 1.13. The van der Waals surface area contributed by atoms with E-state index in [1.807, 2.05) is 60.5 Å². The minimum Gasteiger partial charge on any atom is -0.337 e. The molecule has 1 amide bonds. The van der Waals surface area contributed by atoms with Gasteiger partial charge in [0.15, 0.2) is 0 Å². The van der Waals surface area contributed by atoms with Gasteiger partial charge in [-0.15, -0.1) is 11.3 Å². The number of pyridine rings is 1. The maximum absolute atomic E-state index is 13.8. The molecule has 0 spiro atoms. The number of carbonyl (C=O) groups is 1. The monoisotopic (exact) mass is 428 g/mol. The van der Waals surface area contributed by atoms with E-state index in [0.29, 0.717) is 5.92 Å². The van der Waals surface area contributed by atoms with Gasteiger partial charge in [-0.2, -0.15) is 0 Å². The highest BCUT2D eigenvalue weighted by atomic mass is 32.1. The summed E-state index contributed by atoms with van der Waals surface area (Å²) in [7, 11) is 1.97. The number of carbonyl (C=O) groups excluding carboxylic acids is 1. The molecule has 7 rings (SSSR count). The molecule has 3 aliphatic heterocycles. The average Bonchev–Trinajstić information content (AvgIpc) is 3.27. The zero-order valence-electron chi connectivity index (χ0n) is 17.5. The van der Waals surface area contributed by atoms with Crippen molar-refractivity contribution in [2.75, 3.05) is 26.7 Å². The zero-order valence-corrected chi connectivity index (χ0v) is 18.3. The molecule has 3 aliphatic rings. The Morgan fingerprint density at radius 3 is 2.52 bits per heavy atom. The third kappa shape index (κ3) is 3.22. The van der Waals surface area contributed by atoms with E-state index in [1.54, 1.807) is 11.3 Å². The number of aromatic nitrogens is 2. The lowest BCUT2D eigenvalue weighted by Gasteiger charge is -2.48. The molecule has 6 heteroatoms. The molecule has 0 radical (unpaired) electrons. The molecule has 0 saturated carbocycles. The van der Waals surface area contributed by atoms with Gasteiger partial charge in [-0.3, -0.25) is 4.79 Å². The van der Waals surface area contributed by atoms with Gasteiger partial charge < -0.3 is 9.80 Å². The number of thiazole rings is 1. The van der Waals surface area contributed by atoms with E-state index in [0.717, 1.165) is 43.9 Å². The first-order chi connectivity index (χ1) is 15.2. The number of hydrogen-bond acceptors (Lipinski definition) is 5. The molecule has 3 saturated heterocycles. The fraction of sp³-hybridized carbons (Fsp3) is 0.320. The second kappa shape index (κ2) is 7.39. The summed E-state index contributed by atoms with van der Waals surface area (Å²) in [6, 6.07) is 18.3. The highest BCUT2D eigenvalue weighted by Gasteiger charge is 2.38. The van der Waals surface area contributed by atoms with Crippen LogP contribution in [0.3, 0.4) is 0 Å². The lowest BCUT2D eigenvalue weighted by atomic mass is 9.83. The number of amides is 1. The third-order valence-corrected chi connectivity index (χ3v) is 7.96. The quantitative estimate of drug-likeness (QED) is 0.476. The van der Waals surface area contributed by atoms with Gasteiger partial charge in [0.25, 0.3) is 5.91 Å². The Bertz CT molecular complexity index is 1260. The molecule has 2 aromatic carbocycles. The third-order valence-electron chi connectivity index (χ3n) is 6.90. The molecule has 2 bridgehead atoms. The minimum absolute atomic E-state index is 0.0831. The topological polar surface area (TPSA) is 49.3 Å². The van der Waals surface area contributed by atoms with Crippen molar-refractivity contribution in [1.29, 1.82) is 0 Å². The molecule has 31 heavy (non-hydrogen) atoms. The Labute approximate surface area is 185 Å². The van der Waals surface area contributed by atoms with Crippen LogP contribution in [0.4, 0.5) is 0 Å². The first-order valence-electron chi connectivity index (χ1n) is 10.9. The summed E-state index contributed by atoms with van der Waals surface area (Å²) >= 11 is 1.62. The van der Waals surface area contributed by atoms with E-state index >= 15 is 0 Å². The first kappa shape index (κ1) is 18.9. The molecule has 1 unspecified atom stereocenters. The van der Waals surface area contributed by atoms with Crippen molar-refractivity contribution < 1.29 is 4.79 Å². The molecule has 0 aliphatic carbocycles. The Morgan fingerprint density at radius 1 is 1.03 bits per heavy atom. The van der Waals surface area contributed by atoms with E-state index in [2.05, 4.69) is 11.0 Å². The van der Waals surface area contributed by atoms with E-state index < -0.39 is 0 Å². The smallest absolute Gasteiger partial charge is 0.254 e. The zero-order chi connectivity index (χ0) is 20.9. The van der Waals surface area contributed by atoms with Crippen LogP contribution < -0.4 is 0 Å². The normalized spacial score (nSPS) is 22.8. The first-order valence-corrected chi connectivity index (χ1v) is 11.7. The summed E-state index contributed by atoms with van der Waals surface area (Å²) in [6.07, 6.45) is 2.38. The van der Waals surface area contributed by atoms with Crippen LogP contribution in [0.25, 0.3) is 31.8 Å². The summed E-state index contributed by atoms with van der Waals surface area (Å²) in [5.74, 6) is 0.690. The highest BCUT2D eigenvalue weighted by molar-refractivity contribution is 7.21. The van der Waals surface area contributed by atoms with Gasteiger partial charge in [0.2, 0.25) is 0 Å². The van der Waals surface area contributed by atoms with Gasteiger partial charge in [0.05, 0.1) is 21.3 Å². The number of rotatable bonds is 3. The predicted molar refractivity (Wildman–Crippen MR) is 125 cm³/mol.